The van der Waals surface area contributed by atoms with Gasteiger partial charge in [-0.3, -0.25) is 4.40 Å². The summed E-state index contributed by atoms with van der Waals surface area (Å²) >= 11 is 0. The lowest BCUT2D eigenvalue weighted by Gasteiger charge is -2.17. The highest BCUT2D eigenvalue weighted by Gasteiger charge is 2.19. The maximum atomic E-state index is 5.48. The van der Waals surface area contributed by atoms with Gasteiger partial charge in [0.2, 0.25) is 5.75 Å². The van der Waals surface area contributed by atoms with Crippen LogP contribution in [0.4, 0.5) is 5.82 Å². The van der Waals surface area contributed by atoms with Gasteiger partial charge in [-0.15, -0.1) is 0 Å². The molecule has 3 aromatic rings. The number of fused-ring (bicyclic) bond motifs is 1. The fraction of sp³-hybridized carbons (Fsp3) is 0.400. The van der Waals surface area contributed by atoms with Gasteiger partial charge in [0.1, 0.15) is 0 Å². The molecule has 1 aliphatic rings. The SMILES string of the molecule is COc1cc(-c2cnc(NC3CCCC3)c3nccn23)cc(OC)c1OC. The van der Waals surface area contributed by atoms with Crippen molar-refractivity contribution in [1.29, 1.82) is 0 Å². The Labute approximate surface area is 158 Å². The molecule has 1 aromatic carbocycles. The Bertz CT molecular complexity index is 923. The summed E-state index contributed by atoms with van der Waals surface area (Å²) in [5, 5.41) is 3.55. The first kappa shape index (κ1) is 17.5. The summed E-state index contributed by atoms with van der Waals surface area (Å²) in [5.74, 6) is 2.60. The van der Waals surface area contributed by atoms with Crippen LogP contribution in [0, 0.1) is 0 Å². The zero-order valence-corrected chi connectivity index (χ0v) is 15.9. The molecule has 1 fully saturated rings. The topological polar surface area (TPSA) is 69.9 Å². The van der Waals surface area contributed by atoms with Gasteiger partial charge in [-0.25, -0.2) is 9.97 Å². The van der Waals surface area contributed by atoms with E-state index in [1.807, 2.05) is 28.9 Å². The number of ether oxygens (including phenoxy) is 3. The van der Waals surface area contributed by atoms with Gasteiger partial charge in [-0.2, -0.15) is 0 Å². The van der Waals surface area contributed by atoms with Gasteiger partial charge in [-0.05, 0) is 25.0 Å². The van der Waals surface area contributed by atoms with E-state index in [4.69, 9.17) is 14.2 Å². The average Bonchev–Trinajstić information content (AvgIpc) is 3.39. The lowest BCUT2D eigenvalue weighted by Crippen LogP contribution is -2.16. The monoisotopic (exact) mass is 368 g/mol. The van der Waals surface area contributed by atoms with E-state index in [1.165, 1.54) is 25.7 Å². The average molecular weight is 368 g/mol. The van der Waals surface area contributed by atoms with Crippen molar-refractivity contribution in [2.75, 3.05) is 26.6 Å². The van der Waals surface area contributed by atoms with Crippen molar-refractivity contribution in [3.05, 3.63) is 30.7 Å². The van der Waals surface area contributed by atoms with Gasteiger partial charge < -0.3 is 19.5 Å². The number of anilines is 1. The summed E-state index contributed by atoms with van der Waals surface area (Å²) in [5.41, 5.74) is 2.62. The van der Waals surface area contributed by atoms with Crippen LogP contribution in [0.3, 0.4) is 0 Å². The summed E-state index contributed by atoms with van der Waals surface area (Å²) in [4.78, 5) is 9.18. The second-order valence-corrected chi connectivity index (χ2v) is 6.65. The summed E-state index contributed by atoms with van der Waals surface area (Å²) in [6, 6.07) is 4.31. The normalized spacial score (nSPS) is 14.5. The molecule has 142 valence electrons. The van der Waals surface area contributed by atoms with Crippen LogP contribution < -0.4 is 19.5 Å². The van der Waals surface area contributed by atoms with Crippen LogP contribution in [-0.2, 0) is 0 Å². The highest BCUT2D eigenvalue weighted by Crippen LogP contribution is 2.41. The first-order valence-corrected chi connectivity index (χ1v) is 9.14. The van der Waals surface area contributed by atoms with E-state index < -0.39 is 0 Å². The first-order chi connectivity index (χ1) is 13.2. The van der Waals surface area contributed by atoms with Gasteiger partial charge >= 0.3 is 0 Å². The van der Waals surface area contributed by atoms with Crippen LogP contribution in [0.2, 0.25) is 0 Å². The molecule has 2 heterocycles. The minimum absolute atomic E-state index is 0.477. The van der Waals surface area contributed by atoms with Crippen LogP contribution in [0.25, 0.3) is 16.9 Å². The first-order valence-electron chi connectivity index (χ1n) is 9.14. The van der Waals surface area contributed by atoms with Crippen molar-refractivity contribution in [1.82, 2.24) is 14.4 Å². The van der Waals surface area contributed by atoms with Gasteiger partial charge in [-0.1, -0.05) is 12.8 Å². The van der Waals surface area contributed by atoms with Crippen molar-refractivity contribution in [2.24, 2.45) is 0 Å². The Morgan fingerprint density at radius 1 is 1.00 bits per heavy atom. The Balaban J connectivity index is 1.79. The summed E-state index contributed by atoms with van der Waals surface area (Å²) < 4.78 is 18.4. The second-order valence-electron chi connectivity index (χ2n) is 6.65. The van der Waals surface area contributed by atoms with Crippen LogP contribution in [-0.4, -0.2) is 41.7 Å². The second kappa shape index (κ2) is 7.34. The van der Waals surface area contributed by atoms with Crippen molar-refractivity contribution < 1.29 is 14.2 Å². The number of aromatic nitrogens is 3. The molecule has 1 saturated carbocycles. The number of rotatable bonds is 6. The maximum absolute atomic E-state index is 5.48. The maximum Gasteiger partial charge on any atom is 0.203 e. The van der Waals surface area contributed by atoms with E-state index in [0.29, 0.717) is 23.3 Å². The fourth-order valence-electron chi connectivity index (χ4n) is 3.73. The zero-order chi connectivity index (χ0) is 18.8. The molecular weight excluding hydrogens is 344 g/mol. The number of hydrogen-bond donors (Lipinski definition) is 1. The Morgan fingerprint density at radius 3 is 2.33 bits per heavy atom. The lowest BCUT2D eigenvalue weighted by molar-refractivity contribution is 0.324. The summed E-state index contributed by atoms with van der Waals surface area (Å²) in [6.07, 6.45) is 10.5. The third-order valence-electron chi connectivity index (χ3n) is 5.08. The van der Waals surface area contributed by atoms with Crippen LogP contribution in [0.1, 0.15) is 25.7 Å². The highest BCUT2D eigenvalue weighted by atomic mass is 16.5. The summed E-state index contributed by atoms with van der Waals surface area (Å²) in [6.45, 7) is 0. The van der Waals surface area contributed by atoms with Crippen LogP contribution in [0.15, 0.2) is 30.7 Å². The number of nitrogens with zero attached hydrogens (tertiary/aromatic N) is 3. The zero-order valence-electron chi connectivity index (χ0n) is 15.9. The molecule has 0 radical (unpaired) electrons. The molecule has 1 aliphatic carbocycles. The highest BCUT2D eigenvalue weighted by molar-refractivity contribution is 5.73. The Hall–Kier alpha value is -2.96. The van der Waals surface area contributed by atoms with Crippen molar-refractivity contribution >= 4 is 11.5 Å². The molecule has 7 nitrogen and oxygen atoms in total. The Kier molecular flexibility index (Phi) is 4.75. The van der Waals surface area contributed by atoms with Gasteiger partial charge in [0.15, 0.2) is 23.0 Å². The minimum atomic E-state index is 0.477. The van der Waals surface area contributed by atoms with Gasteiger partial charge in [0, 0.05) is 24.0 Å². The lowest BCUT2D eigenvalue weighted by atomic mass is 10.1. The third-order valence-corrected chi connectivity index (χ3v) is 5.08. The number of hydrogen-bond acceptors (Lipinski definition) is 6. The third kappa shape index (κ3) is 3.13. The molecule has 7 heteroatoms. The number of benzene rings is 1. The molecule has 0 spiro atoms. The standard InChI is InChI=1S/C20H24N4O3/c1-25-16-10-13(11-17(26-2)18(16)27-3)15-12-22-19(20-21-8-9-24(15)20)23-14-6-4-5-7-14/h8-12,14H,4-7H2,1-3H3,(H,22,23). The molecule has 0 amide bonds. The van der Waals surface area contributed by atoms with E-state index in [2.05, 4.69) is 15.3 Å². The van der Waals surface area contributed by atoms with Crippen LogP contribution >= 0.6 is 0 Å². The molecule has 0 bridgehead atoms. The van der Waals surface area contributed by atoms with E-state index in [9.17, 15) is 0 Å². The number of methoxy groups -OCH3 is 3. The van der Waals surface area contributed by atoms with E-state index in [0.717, 1.165) is 22.7 Å². The Morgan fingerprint density at radius 2 is 1.70 bits per heavy atom. The quantitative estimate of drug-likeness (QED) is 0.714. The van der Waals surface area contributed by atoms with E-state index >= 15 is 0 Å². The largest absolute Gasteiger partial charge is 0.493 e. The van der Waals surface area contributed by atoms with E-state index in [1.54, 1.807) is 27.5 Å². The molecule has 1 N–H and O–H groups in total. The molecule has 4 rings (SSSR count). The van der Waals surface area contributed by atoms with Crippen molar-refractivity contribution in [3.63, 3.8) is 0 Å². The van der Waals surface area contributed by atoms with Crippen molar-refractivity contribution in [2.45, 2.75) is 31.7 Å². The van der Waals surface area contributed by atoms with Crippen molar-refractivity contribution in [3.8, 4) is 28.5 Å². The number of nitrogens with one attached hydrogen (secondary N) is 1. The summed E-state index contributed by atoms with van der Waals surface area (Å²) in [7, 11) is 4.82. The predicted molar refractivity (Wildman–Crippen MR) is 104 cm³/mol. The molecule has 0 aliphatic heterocycles. The molecule has 0 saturated heterocycles. The molecule has 0 atom stereocenters. The van der Waals surface area contributed by atoms with Gasteiger partial charge in [0.05, 0.1) is 33.2 Å². The van der Waals surface area contributed by atoms with Crippen LogP contribution in [0.5, 0.6) is 17.2 Å². The molecular formula is C20H24N4O3. The van der Waals surface area contributed by atoms with E-state index in [-0.39, 0.29) is 0 Å². The molecule has 2 aromatic heterocycles. The minimum Gasteiger partial charge on any atom is -0.493 e. The smallest absolute Gasteiger partial charge is 0.203 e. The fourth-order valence-corrected chi connectivity index (χ4v) is 3.73. The number of imidazole rings is 1. The van der Waals surface area contributed by atoms with Gasteiger partial charge in [0.25, 0.3) is 0 Å². The molecule has 0 unspecified atom stereocenters. The molecule has 27 heavy (non-hydrogen) atoms. The predicted octanol–water partition coefficient (Wildman–Crippen LogP) is 3.78.